The summed E-state index contributed by atoms with van der Waals surface area (Å²) in [6.07, 6.45) is 7.92. The first kappa shape index (κ1) is 25.8. The molecular weight excluding hydrogens is 423 g/mol. The van der Waals surface area contributed by atoms with Gasteiger partial charge in [0.15, 0.2) is 0 Å². The van der Waals surface area contributed by atoms with Gasteiger partial charge in [0.05, 0.1) is 0 Å². The van der Waals surface area contributed by atoms with E-state index in [1.165, 1.54) is 0 Å². The summed E-state index contributed by atoms with van der Waals surface area (Å²) in [5.41, 5.74) is 6.54. The Balaban J connectivity index is 1.74. The minimum Gasteiger partial charge on any atom is -0.300 e. The third-order valence-electron chi connectivity index (χ3n) is 4.77. The van der Waals surface area contributed by atoms with Crippen LogP contribution in [0.2, 0.25) is 19.6 Å². The fourth-order valence-corrected chi connectivity index (χ4v) is 5.81. The second kappa shape index (κ2) is 13.9. The van der Waals surface area contributed by atoms with Crippen molar-refractivity contribution in [2.45, 2.75) is 71.0 Å². The highest BCUT2D eigenvalue weighted by molar-refractivity contribution is 7.83. The van der Waals surface area contributed by atoms with Crippen molar-refractivity contribution in [3.63, 3.8) is 0 Å². The summed E-state index contributed by atoms with van der Waals surface area (Å²) >= 11 is 0. The Kier molecular flexibility index (Phi) is 11.2. The molecular formula is C29H35OPSi. The average Bonchev–Trinajstić information content (AvgIpc) is 2.79. The third-order valence-corrected chi connectivity index (χ3v) is 8.22. The zero-order chi connectivity index (χ0) is 23.1. The summed E-state index contributed by atoms with van der Waals surface area (Å²) in [5.74, 6) is 13.1. The molecule has 0 amide bonds. The van der Waals surface area contributed by atoms with Crippen LogP contribution in [0.25, 0.3) is 0 Å². The average molecular weight is 459 g/mol. The molecule has 0 heterocycles. The van der Waals surface area contributed by atoms with E-state index in [1.54, 1.807) is 0 Å². The first-order valence-electron chi connectivity index (χ1n) is 11.6. The summed E-state index contributed by atoms with van der Waals surface area (Å²) in [6.45, 7) is 6.84. The van der Waals surface area contributed by atoms with Gasteiger partial charge >= 0.3 is 0 Å². The van der Waals surface area contributed by atoms with Crippen LogP contribution in [0, 0.1) is 34.9 Å². The van der Waals surface area contributed by atoms with Crippen LogP contribution in [0.1, 0.15) is 51.4 Å². The van der Waals surface area contributed by atoms with Gasteiger partial charge in [0.25, 0.3) is 0 Å². The van der Waals surface area contributed by atoms with E-state index in [-0.39, 0.29) is 0 Å². The van der Waals surface area contributed by atoms with Crippen molar-refractivity contribution >= 4 is 25.8 Å². The van der Waals surface area contributed by atoms with Crippen LogP contribution in [0.5, 0.6) is 0 Å². The Morgan fingerprint density at radius 1 is 0.625 bits per heavy atom. The van der Waals surface area contributed by atoms with E-state index in [4.69, 9.17) is 0 Å². The molecule has 0 N–H and O–H groups in total. The molecule has 1 nitrogen and oxygen atoms in total. The molecule has 0 saturated heterocycles. The van der Waals surface area contributed by atoms with Crippen molar-refractivity contribution in [3.8, 4) is 34.9 Å². The first-order valence-corrected chi connectivity index (χ1v) is 16.8. The first-order chi connectivity index (χ1) is 15.4. The van der Waals surface area contributed by atoms with Gasteiger partial charge in [-0.1, -0.05) is 86.2 Å². The van der Waals surface area contributed by atoms with Gasteiger partial charge in [-0.3, -0.25) is 4.57 Å². The predicted molar refractivity (Wildman–Crippen MR) is 143 cm³/mol. The van der Waals surface area contributed by atoms with Crippen molar-refractivity contribution in [3.05, 3.63) is 60.7 Å². The second-order valence-corrected chi connectivity index (χ2v) is 16.1. The number of unbranched alkanes of at least 4 members (excludes halogenated alkanes) is 6. The van der Waals surface area contributed by atoms with Crippen LogP contribution in [0.15, 0.2) is 60.7 Å². The molecule has 0 aromatic heterocycles. The molecule has 0 fully saturated rings. The van der Waals surface area contributed by atoms with Crippen LogP contribution in [-0.4, -0.2) is 8.07 Å². The van der Waals surface area contributed by atoms with Gasteiger partial charge in [0.1, 0.15) is 8.07 Å². The fraction of sp³-hybridized carbons (Fsp3) is 0.379. The minimum absolute atomic E-state index is 0.751. The fourth-order valence-electron chi connectivity index (χ4n) is 3.08. The largest absolute Gasteiger partial charge is 0.300 e. The third kappa shape index (κ3) is 9.80. The Morgan fingerprint density at radius 3 is 1.47 bits per heavy atom. The molecule has 0 aliphatic carbocycles. The summed E-state index contributed by atoms with van der Waals surface area (Å²) < 4.78 is 13.8. The maximum atomic E-state index is 13.8. The van der Waals surface area contributed by atoms with Crippen molar-refractivity contribution in [1.29, 1.82) is 0 Å². The Bertz CT molecular complexity index is 1000. The maximum Gasteiger partial charge on any atom is 0.210 e. The van der Waals surface area contributed by atoms with E-state index in [0.29, 0.717) is 0 Å². The SMILES string of the molecule is C[Si](C)(C)C#CCCCCC#CCCCCC#CP(=O)(c1ccccc1)c1ccccc1. The standard InChI is InChI=1S/C29H35OPSi/c1-32(2,3)27-21-13-11-9-7-5-4-6-8-10-12-20-26-31(30,28-22-16-14-17-23-28)29-24-18-15-19-25-29/h14-19,22-25H,6-13H2,1-3H3. The number of rotatable bonds is 8. The van der Waals surface area contributed by atoms with Gasteiger partial charge in [-0.15, -0.1) is 23.3 Å². The van der Waals surface area contributed by atoms with Crippen LogP contribution >= 0.6 is 7.14 Å². The molecule has 2 aromatic rings. The van der Waals surface area contributed by atoms with E-state index in [2.05, 4.69) is 54.5 Å². The second-order valence-electron chi connectivity index (χ2n) is 8.89. The molecule has 0 aliphatic heterocycles. The molecule has 166 valence electrons. The normalized spacial score (nSPS) is 10.7. The van der Waals surface area contributed by atoms with Gasteiger partial charge < -0.3 is 0 Å². The predicted octanol–water partition coefficient (Wildman–Crippen LogP) is 6.97. The molecule has 0 bridgehead atoms. The number of hydrogen-bond donors (Lipinski definition) is 0. The van der Waals surface area contributed by atoms with E-state index in [0.717, 1.165) is 62.0 Å². The van der Waals surface area contributed by atoms with E-state index in [9.17, 15) is 4.57 Å². The summed E-state index contributed by atoms with van der Waals surface area (Å²) in [7, 11) is -4.13. The van der Waals surface area contributed by atoms with Crippen molar-refractivity contribution < 1.29 is 4.57 Å². The van der Waals surface area contributed by atoms with Crippen molar-refractivity contribution in [2.75, 3.05) is 0 Å². The van der Waals surface area contributed by atoms with Gasteiger partial charge in [0, 0.05) is 36.3 Å². The smallest absolute Gasteiger partial charge is 0.210 e. The zero-order valence-electron chi connectivity index (χ0n) is 19.8. The molecule has 2 aromatic carbocycles. The molecule has 2 rings (SSSR count). The highest BCUT2D eigenvalue weighted by Gasteiger charge is 2.24. The van der Waals surface area contributed by atoms with Gasteiger partial charge in [-0.2, -0.15) is 0 Å². The van der Waals surface area contributed by atoms with Crippen LogP contribution in [0.3, 0.4) is 0 Å². The van der Waals surface area contributed by atoms with Crippen LogP contribution < -0.4 is 10.6 Å². The molecule has 0 unspecified atom stereocenters. The summed E-state index contributed by atoms with van der Waals surface area (Å²) in [5, 5.41) is 1.60. The molecule has 0 radical (unpaired) electrons. The van der Waals surface area contributed by atoms with Gasteiger partial charge in [0.2, 0.25) is 7.14 Å². The highest BCUT2D eigenvalue weighted by Crippen LogP contribution is 2.41. The van der Waals surface area contributed by atoms with Crippen LogP contribution in [0.4, 0.5) is 0 Å². The van der Waals surface area contributed by atoms with Gasteiger partial charge in [-0.25, -0.2) is 0 Å². The highest BCUT2D eigenvalue weighted by atomic mass is 31.2. The maximum absolute atomic E-state index is 13.8. The minimum atomic E-state index is -2.91. The Labute approximate surface area is 196 Å². The molecule has 0 spiro atoms. The lowest BCUT2D eigenvalue weighted by Gasteiger charge is -2.12. The van der Waals surface area contributed by atoms with Crippen molar-refractivity contribution in [2.24, 2.45) is 0 Å². The van der Waals surface area contributed by atoms with Crippen molar-refractivity contribution in [1.82, 2.24) is 0 Å². The molecule has 0 aliphatic rings. The summed E-state index contributed by atoms with van der Waals surface area (Å²) in [4.78, 5) is 0. The number of benzene rings is 2. The lowest BCUT2D eigenvalue weighted by Crippen LogP contribution is -2.16. The van der Waals surface area contributed by atoms with E-state index < -0.39 is 15.2 Å². The van der Waals surface area contributed by atoms with Crippen LogP contribution in [-0.2, 0) is 4.57 Å². The summed E-state index contributed by atoms with van der Waals surface area (Å²) in [6, 6.07) is 19.2. The van der Waals surface area contributed by atoms with E-state index >= 15 is 0 Å². The molecule has 3 heteroatoms. The molecule has 0 atom stereocenters. The Hall–Kier alpha value is -2.43. The Morgan fingerprint density at radius 2 is 1.03 bits per heavy atom. The zero-order valence-corrected chi connectivity index (χ0v) is 21.7. The quantitative estimate of drug-likeness (QED) is 0.181. The molecule has 0 saturated carbocycles. The van der Waals surface area contributed by atoms with E-state index in [1.807, 2.05) is 60.7 Å². The lowest BCUT2D eigenvalue weighted by atomic mass is 10.2. The van der Waals surface area contributed by atoms with Gasteiger partial charge in [-0.05, 0) is 31.3 Å². The topological polar surface area (TPSA) is 17.1 Å². The molecule has 32 heavy (non-hydrogen) atoms. The number of hydrogen-bond acceptors (Lipinski definition) is 1. The monoisotopic (exact) mass is 458 g/mol. The lowest BCUT2D eigenvalue weighted by molar-refractivity contribution is 0.593.